The highest BCUT2D eigenvalue weighted by Crippen LogP contribution is 2.17. The summed E-state index contributed by atoms with van der Waals surface area (Å²) >= 11 is 0. The molecule has 0 fully saturated rings. The second-order valence-corrected chi connectivity index (χ2v) is 8.12. The first kappa shape index (κ1) is 25.2. The van der Waals surface area contributed by atoms with Gasteiger partial charge >= 0.3 is 5.97 Å². The maximum atomic E-state index is 10.4. The monoisotopic (exact) mass is 366 g/mol. The molecule has 0 rings (SSSR count). The number of allylic oxidation sites excluding steroid dienone is 2. The zero-order valence-electron chi connectivity index (χ0n) is 17.8. The summed E-state index contributed by atoms with van der Waals surface area (Å²) < 4.78 is 0. The van der Waals surface area contributed by atoms with Crippen molar-refractivity contribution < 1.29 is 9.90 Å². The fraction of sp³-hybridized carbons (Fsp3) is 0.875. The molecule has 2 heteroatoms. The Bertz CT molecular complexity index is 322. The lowest BCUT2D eigenvalue weighted by molar-refractivity contribution is -0.137. The molecule has 0 spiro atoms. The molecule has 1 unspecified atom stereocenters. The maximum absolute atomic E-state index is 10.4. The van der Waals surface area contributed by atoms with Crippen LogP contribution < -0.4 is 0 Å². The summed E-state index contributed by atoms with van der Waals surface area (Å²) in [4.78, 5) is 10.4. The van der Waals surface area contributed by atoms with Crippen LogP contribution in [0.2, 0.25) is 0 Å². The molecule has 0 bridgehead atoms. The van der Waals surface area contributed by atoms with Crippen LogP contribution in [0.25, 0.3) is 0 Å². The summed E-state index contributed by atoms with van der Waals surface area (Å²) in [6.45, 7) is 4.71. The topological polar surface area (TPSA) is 37.3 Å². The van der Waals surface area contributed by atoms with Crippen molar-refractivity contribution in [3.05, 3.63) is 12.2 Å². The molecular formula is C24H46O2. The third-order valence-corrected chi connectivity index (χ3v) is 5.30. The van der Waals surface area contributed by atoms with Crippen molar-refractivity contribution in [1.29, 1.82) is 0 Å². The van der Waals surface area contributed by atoms with Gasteiger partial charge in [0, 0.05) is 6.42 Å². The van der Waals surface area contributed by atoms with Gasteiger partial charge in [0.15, 0.2) is 0 Å². The molecule has 0 aromatic heterocycles. The number of carboxylic acid groups (broad SMARTS) is 1. The highest BCUT2D eigenvalue weighted by molar-refractivity contribution is 5.66. The fourth-order valence-electron chi connectivity index (χ4n) is 3.46. The van der Waals surface area contributed by atoms with Crippen LogP contribution in [0.5, 0.6) is 0 Å². The Kier molecular flexibility index (Phi) is 19.9. The van der Waals surface area contributed by atoms with Crippen LogP contribution in [0, 0.1) is 5.92 Å². The average Bonchev–Trinajstić information content (AvgIpc) is 2.62. The van der Waals surface area contributed by atoms with Crippen molar-refractivity contribution in [2.75, 3.05) is 0 Å². The number of hydrogen-bond donors (Lipinski definition) is 1. The second kappa shape index (κ2) is 20.5. The summed E-state index contributed by atoms with van der Waals surface area (Å²) in [5, 5.41) is 8.57. The SMILES string of the molecule is CCCCC(C)CCCCCCCC/C=C\CCCCCCCC(=O)O. The van der Waals surface area contributed by atoms with Crippen LogP contribution in [0.3, 0.4) is 0 Å². The first-order valence-electron chi connectivity index (χ1n) is 11.5. The Morgan fingerprint density at radius 1 is 0.731 bits per heavy atom. The van der Waals surface area contributed by atoms with E-state index >= 15 is 0 Å². The summed E-state index contributed by atoms with van der Waals surface area (Å²) in [5.41, 5.74) is 0. The number of carboxylic acids is 1. The first-order valence-corrected chi connectivity index (χ1v) is 11.5. The minimum atomic E-state index is -0.662. The van der Waals surface area contributed by atoms with E-state index in [1.54, 1.807) is 0 Å². The van der Waals surface area contributed by atoms with Gasteiger partial charge in [-0.05, 0) is 38.0 Å². The molecule has 0 aliphatic rings. The zero-order valence-corrected chi connectivity index (χ0v) is 17.8. The quantitative estimate of drug-likeness (QED) is 0.174. The van der Waals surface area contributed by atoms with Gasteiger partial charge in [-0.1, -0.05) is 103 Å². The maximum Gasteiger partial charge on any atom is 0.303 e. The van der Waals surface area contributed by atoms with Gasteiger partial charge in [0.25, 0.3) is 0 Å². The molecule has 0 aromatic carbocycles. The Morgan fingerprint density at radius 3 is 1.73 bits per heavy atom. The van der Waals surface area contributed by atoms with Gasteiger partial charge in [-0.3, -0.25) is 4.79 Å². The Labute approximate surface area is 163 Å². The Morgan fingerprint density at radius 2 is 1.19 bits per heavy atom. The molecule has 0 saturated heterocycles. The predicted molar refractivity (Wildman–Crippen MR) is 115 cm³/mol. The van der Waals surface area contributed by atoms with Gasteiger partial charge in [-0.25, -0.2) is 0 Å². The van der Waals surface area contributed by atoms with E-state index in [-0.39, 0.29) is 0 Å². The van der Waals surface area contributed by atoms with Gasteiger partial charge in [0.1, 0.15) is 0 Å². The summed E-state index contributed by atoms with van der Waals surface area (Å²) in [6, 6.07) is 0. The average molecular weight is 367 g/mol. The minimum Gasteiger partial charge on any atom is -0.481 e. The highest BCUT2D eigenvalue weighted by Gasteiger charge is 2.01. The lowest BCUT2D eigenvalue weighted by Gasteiger charge is -2.09. The number of unbranched alkanes of at least 4 members (excludes halogenated alkanes) is 12. The molecule has 1 atom stereocenters. The third-order valence-electron chi connectivity index (χ3n) is 5.30. The molecule has 0 aliphatic heterocycles. The van der Waals surface area contributed by atoms with E-state index in [1.165, 1.54) is 96.3 Å². The van der Waals surface area contributed by atoms with Crippen molar-refractivity contribution in [2.45, 2.75) is 129 Å². The van der Waals surface area contributed by atoms with E-state index in [9.17, 15) is 4.79 Å². The molecular weight excluding hydrogens is 320 g/mol. The smallest absolute Gasteiger partial charge is 0.303 e. The van der Waals surface area contributed by atoms with Crippen LogP contribution in [-0.4, -0.2) is 11.1 Å². The van der Waals surface area contributed by atoms with Gasteiger partial charge in [-0.2, -0.15) is 0 Å². The van der Waals surface area contributed by atoms with Crippen LogP contribution in [0.1, 0.15) is 129 Å². The molecule has 0 saturated carbocycles. The lowest BCUT2D eigenvalue weighted by Crippen LogP contribution is -1.94. The van der Waals surface area contributed by atoms with Crippen molar-refractivity contribution in [3.8, 4) is 0 Å². The molecule has 0 amide bonds. The van der Waals surface area contributed by atoms with Gasteiger partial charge in [0.05, 0.1) is 0 Å². The molecule has 154 valence electrons. The normalized spacial score (nSPS) is 12.7. The molecule has 0 aromatic rings. The largest absolute Gasteiger partial charge is 0.481 e. The minimum absolute atomic E-state index is 0.331. The van der Waals surface area contributed by atoms with Gasteiger partial charge < -0.3 is 5.11 Å². The third kappa shape index (κ3) is 21.3. The van der Waals surface area contributed by atoms with Crippen LogP contribution >= 0.6 is 0 Å². The van der Waals surface area contributed by atoms with Crippen molar-refractivity contribution >= 4 is 5.97 Å². The number of aliphatic carboxylic acids is 1. The molecule has 1 N–H and O–H groups in total. The Hall–Kier alpha value is -0.790. The molecule has 2 nitrogen and oxygen atoms in total. The van der Waals surface area contributed by atoms with Crippen LogP contribution in [0.4, 0.5) is 0 Å². The van der Waals surface area contributed by atoms with E-state index < -0.39 is 5.97 Å². The van der Waals surface area contributed by atoms with E-state index in [4.69, 9.17) is 5.11 Å². The molecule has 26 heavy (non-hydrogen) atoms. The predicted octanol–water partition coefficient (Wildman–Crippen LogP) is 8.31. The van der Waals surface area contributed by atoms with Gasteiger partial charge in [-0.15, -0.1) is 0 Å². The zero-order chi connectivity index (χ0) is 19.3. The van der Waals surface area contributed by atoms with Gasteiger partial charge in [0.2, 0.25) is 0 Å². The number of carbonyl (C=O) groups is 1. The van der Waals surface area contributed by atoms with Crippen molar-refractivity contribution in [2.24, 2.45) is 5.92 Å². The molecule has 0 aliphatic carbocycles. The van der Waals surface area contributed by atoms with Crippen LogP contribution in [0.15, 0.2) is 12.2 Å². The summed E-state index contributed by atoms with van der Waals surface area (Å²) in [5.74, 6) is 0.273. The summed E-state index contributed by atoms with van der Waals surface area (Å²) in [7, 11) is 0. The van der Waals surface area contributed by atoms with E-state index in [0.29, 0.717) is 6.42 Å². The lowest BCUT2D eigenvalue weighted by atomic mass is 9.97. The van der Waals surface area contributed by atoms with Crippen molar-refractivity contribution in [1.82, 2.24) is 0 Å². The summed E-state index contributed by atoms with van der Waals surface area (Å²) in [6.07, 6.45) is 27.1. The van der Waals surface area contributed by atoms with E-state index in [1.807, 2.05) is 0 Å². The number of rotatable bonds is 20. The highest BCUT2D eigenvalue weighted by atomic mass is 16.4. The van der Waals surface area contributed by atoms with Crippen LogP contribution in [-0.2, 0) is 4.79 Å². The first-order chi connectivity index (χ1) is 12.7. The standard InChI is InChI=1S/C24H46O2/c1-3-4-20-23(2)21-18-16-14-12-10-8-6-5-7-9-11-13-15-17-19-22-24(25)26/h5,7,23H,3-4,6,8-22H2,1-2H3,(H,25,26)/b7-5-. The Balaban J connectivity index is 3.16. The van der Waals surface area contributed by atoms with Crippen molar-refractivity contribution in [3.63, 3.8) is 0 Å². The molecule has 0 heterocycles. The fourth-order valence-corrected chi connectivity index (χ4v) is 3.46. The number of hydrogen-bond acceptors (Lipinski definition) is 1. The molecule has 0 radical (unpaired) electrons. The van der Waals surface area contributed by atoms with E-state index in [0.717, 1.165) is 18.8 Å². The van der Waals surface area contributed by atoms with E-state index in [2.05, 4.69) is 26.0 Å². The second-order valence-electron chi connectivity index (χ2n) is 8.12.